The number of phenols is 4. The Morgan fingerprint density at radius 1 is 1.02 bits per heavy atom. The minimum Gasteiger partial charge on any atom is -0.507 e. The highest BCUT2D eigenvalue weighted by Crippen LogP contribution is 2.52. The predicted molar refractivity (Wildman–Crippen MR) is 182 cm³/mol. The summed E-state index contributed by atoms with van der Waals surface area (Å²) in [5.41, 5.74) is 2.25. The van der Waals surface area contributed by atoms with E-state index in [1.165, 1.54) is 49.6 Å². The van der Waals surface area contributed by atoms with Gasteiger partial charge in [0.1, 0.15) is 22.8 Å². The Labute approximate surface area is 302 Å². The second-order valence-corrected chi connectivity index (χ2v) is 12.7. The molecule has 6 rings (SSSR count). The number of nitrogens with two attached hydrogens (primary N) is 1. The summed E-state index contributed by atoms with van der Waals surface area (Å²) in [5, 5.41) is 64.6. The molecule has 15 nitrogen and oxygen atoms in total. The van der Waals surface area contributed by atoms with Crippen molar-refractivity contribution < 1.29 is 68.8 Å². The zero-order valence-corrected chi connectivity index (χ0v) is 28.6. The van der Waals surface area contributed by atoms with Crippen molar-refractivity contribution in [2.75, 3.05) is 13.7 Å². The van der Waals surface area contributed by atoms with Crippen LogP contribution in [-0.2, 0) is 30.2 Å². The van der Waals surface area contributed by atoms with Crippen LogP contribution < -0.4 is 10.5 Å². The molecular weight excluding hydrogens is 706 g/mol. The van der Waals surface area contributed by atoms with Gasteiger partial charge in [-0.2, -0.15) is 0 Å². The highest BCUT2D eigenvalue weighted by Gasteiger charge is 2.50. The fourth-order valence-electron chi connectivity index (χ4n) is 6.73. The number of halogens is 1. The lowest BCUT2D eigenvalue weighted by Gasteiger charge is -2.42. The summed E-state index contributed by atoms with van der Waals surface area (Å²) in [7, 11) is 1.30. The van der Waals surface area contributed by atoms with Gasteiger partial charge in [0.15, 0.2) is 30.2 Å². The molecule has 3 aromatic carbocycles. The van der Waals surface area contributed by atoms with Crippen molar-refractivity contribution in [1.29, 1.82) is 0 Å². The quantitative estimate of drug-likeness (QED) is 0.0591. The molecule has 0 spiro atoms. The molecule has 0 saturated carbocycles. The summed E-state index contributed by atoms with van der Waals surface area (Å²) >= 11 is 0. The van der Waals surface area contributed by atoms with Crippen LogP contribution in [0.1, 0.15) is 74.4 Å². The maximum atomic E-state index is 13.9. The molecule has 276 valence electrons. The Kier molecular flexibility index (Phi) is 10.7. The lowest BCUT2D eigenvalue weighted by atomic mass is 9.72. The Morgan fingerprint density at radius 3 is 2.40 bits per heavy atom. The van der Waals surface area contributed by atoms with Crippen molar-refractivity contribution in [3.63, 3.8) is 0 Å². The number of ketones is 3. The van der Waals surface area contributed by atoms with Crippen LogP contribution in [0.3, 0.4) is 0 Å². The first kappa shape index (κ1) is 38.2. The average Bonchev–Trinajstić information content (AvgIpc) is 3.09. The van der Waals surface area contributed by atoms with E-state index >= 15 is 0 Å². The molecule has 3 aromatic rings. The van der Waals surface area contributed by atoms with Gasteiger partial charge in [-0.15, -0.1) is 12.4 Å². The van der Waals surface area contributed by atoms with Crippen LogP contribution in [0.25, 0.3) is 6.08 Å². The average molecular weight is 742 g/mol. The summed E-state index contributed by atoms with van der Waals surface area (Å²) in [5.74, 6) is -5.88. The second kappa shape index (κ2) is 14.5. The topological polar surface area (TPSA) is 253 Å². The van der Waals surface area contributed by atoms with Gasteiger partial charge in [0.2, 0.25) is 11.6 Å². The smallest absolute Gasteiger partial charge is 0.331 e. The number of methoxy groups -OCH3 is 1. The Hall–Kier alpha value is -5.03. The zero-order valence-electron chi connectivity index (χ0n) is 27.8. The molecule has 0 aromatic heterocycles. The van der Waals surface area contributed by atoms with Crippen LogP contribution in [0.4, 0.5) is 0 Å². The van der Waals surface area contributed by atoms with E-state index in [-0.39, 0.29) is 52.6 Å². The Morgan fingerprint density at radius 2 is 1.73 bits per heavy atom. The minimum atomic E-state index is -2.41. The van der Waals surface area contributed by atoms with Crippen molar-refractivity contribution in [2.24, 2.45) is 5.73 Å². The van der Waals surface area contributed by atoms with Gasteiger partial charge in [0.05, 0.1) is 42.1 Å². The number of aliphatic hydroxyl groups excluding tert-OH is 1. The molecule has 0 bridgehead atoms. The van der Waals surface area contributed by atoms with Crippen LogP contribution in [0, 0.1) is 0 Å². The summed E-state index contributed by atoms with van der Waals surface area (Å²) in [6, 6.07) is 7.29. The molecule has 0 radical (unpaired) electrons. The largest absolute Gasteiger partial charge is 0.507 e. The number of hydrogen-bond donors (Lipinski definition) is 7. The fourth-order valence-corrected chi connectivity index (χ4v) is 6.73. The third-order valence-corrected chi connectivity index (χ3v) is 9.42. The lowest BCUT2D eigenvalue weighted by molar-refractivity contribution is -0.247. The third-order valence-electron chi connectivity index (χ3n) is 9.42. The monoisotopic (exact) mass is 741 g/mol. The number of phenolic OH excluding ortho intramolecular Hbond substituents is 4. The van der Waals surface area contributed by atoms with E-state index in [0.717, 1.165) is 6.08 Å². The van der Waals surface area contributed by atoms with Gasteiger partial charge in [-0.1, -0.05) is 18.2 Å². The normalized spacial score (nSPS) is 25.1. The maximum absolute atomic E-state index is 13.9. The summed E-state index contributed by atoms with van der Waals surface area (Å²) in [6.07, 6.45) is -3.54. The third kappa shape index (κ3) is 6.69. The number of benzene rings is 3. The van der Waals surface area contributed by atoms with E-state index in [2.05, 4.69) is 0 Å². The highest BCUT2D eigenvalue weighted by atomic mass is 35.5. The second-order valence-electron chi connectivity index (χ2n) is 12.7. The highest BCUT2D eigenvalue weighted by molar-refractivity contribution is 6.31. The first-order valence-electron chi connectivity index (χ1n) is 15.9. The van der Waals surface area contributed by atoms with Crippen LogP contribution in [0.2, 0.25) is 0 Å². The molecular formula is C36H36ClNO14. The number of hydrogen-bond acceptors (Lipinski definition) is 15. The van der Waals surface area contributed by atoms with Crippen LogP contribution in [0.15, 0.2) is 42.5 Å². The molecule has 8 N–H and O–H groups in total. The molecule has 1 aliphatic heterocycles. The Balaban J connectivity index is 0.00000523. The molecule has 16 heteroatoms. The molecule has 2 aliphatic carbocycles. The van der Waals surface area contributed by atoms with Gasteiger partial charge >= 0.3 is 5.97 Å². The number of aliphatic hydroxyl groups is 2. The van der Waals surface area contributed by atoms with E-state index in [4.69, 9.17) is 24.7 Å². The number of Topliss-reactive ketones (excluding diaryl/α,β-unsaturated/α-hetero) is 1. The van der Waals surface area contributed by atoms with Gasteiger partial charge in [0, 0.05) is 48.1 Å². The molecule has 3 aliphatic rings. The standard InChI is InChI=1S/C36H35NO14.ClH/c1-15-31(42)19(37)11-26(50-15)51-23-13-36(47,24(40)14-49-25(41)9-7-16-6-8-20(38)21(39)10-16)12-18-28(23)35(46)30-29(33(18)44)32(43)17-4-3-5-22(48-2)27(17)34(30)45;/h3-10,15,19,23,26,31,38-39,42,44,46-47H,11-14,37H2,1-2H3;1H/b9-7+;/t15-,19-,23?,26-,31+,36-;/m0./s1. The first-order chi connectivity index (χ1) is 24.1. The molecule has 1 unspecified atom stereocenters. The summed E-state index contributed by atoms with van der Waals surface area (Å²) < 4.78 is 22.3. The summed E-state index contributed by atoms with van der Waals surface area (Å²) in [6.45, 7) is 0.607. The summed E-state index contributed by atoms with van der Waals surface area (Å²) in [4.78, 5) is 53.7. The predicted octanol–water partition coefficient (Wildman–Crippen LogP) is 2.10. The molecule has 0 amide bonds. The van der Waals surface area contributed by atoms with E-state index in [1.54, 1.807) is 6.92 Å². The van der Waals surface area contributed by atoms with Gasteiger partial charge in [-0.25, -0.2) is 4.79 Å². The molecule has 6 atom stereocenters. The molecule has 1 heterocycles. The zero-order chi connectivity index (χ0) is 36.9. The minimum absolute atomic E-state index is 0. The Bertz CT molecular complexity index is 1980. The van der Waals surface area contributed by atoms with Crippen LogP contribution in [0.5, 0.6) is 28.7 Å². The van der Waals surface area contributed by atoms with Crippen molar-refractivity contribution in [1.82, 2.24) is 0 Å². The van der Waals surface area contributed by atoms with Crippen molar-refractivity contribution in [3.8, 4) is 28.7 Å². The van der Waals surface area contributed by atoms with E-state index < -0.39 is 107 Å². The first-order valence-corrected chi connectivity index (χ1v) is 15.9. The molecule has 1 saturated heterocycles. The van der Waals surface area contributed by atoms with Crippen LogP contribution in [-0.4, -0.2) is 97.8 Å². The SMILES string of the molecule is COc1cccc2c1C(=O)c1c(O)c3c(c(O)c1C2=O)C[C@@](O)(C(=O)COC(=O)/C=C/c1ccc(O)c(O)c1)CC3O[C@H]1C[C@H](N)[C@H](O)[C@H](C)O1.Cl. The molecule has 1 fully saturated rings. The maximum Gasteiger partial charge on any atom is 0.331 e. The lowest BCUT2D eigenvalue weighted by Crippen LogP contribution is -2.53. The van der Waals surface area contributed by atoms with Crippen molar-refractivity contribution in [3.05, 3.63) is 81.4 Å². The van der Waals surface area contributed by atoms with E-state index in [0.29, 0.717) is 5.56 Å². The van der Waals surface area contributed by atoms with E-state index in [9.17, 15) is 49.8 Å². The van der Waals surface area contributed by atoms with Gasteiger partial charge in [0.25, 0.3) is 0 Å². The van der Waals surface area contributed by atoms with Gasteiger partial charge < -0.3 is 55.3 Å². The van der Waals surface area contributed by atoms with E-state index in [1.807, 2.05) is 0 Å². The number of fused-ring (bicyclic) bond motifs is 3. The number of aromatic hydroxyl groups is 4. The fraction of sp³-hybridized carbons (Fsp3) is 0.333. The van der Waals surface area contributed by atoms with Crippen molar-refractivity contribution >= 4 is 41.8 Å². The number of rotatable bonds is 8. The van der Waals surface area contributed by atoms with Gasteiger partial charge in [-0.05, 0) is 36.8 Å². The molecule has 52 heavy (non-hydrogen) atoms. The number of ether oxygens (including phenoxy) is 4. The number of esters is 1. The van der Waals surface area contributed by atoms with Crippen molar-refractivity contribution in [2.45, 2.75) is 62.4 Å². The van der Waals surface area contributed by atoms with Crippen LogP contribution >= 0.6 is 12.4 Å². The number of carbonyl (C=O) groups excluding carboxylic acids is 4. The number of carbonyl (C=O) groups is 4. The van der Waals surface area contributed by atoms with Gasteiger partial charge in [-0.3, -0.25) is 14.4 Å².